The first-order chi connectivity index (χ1) is 21.3. The molecular formula is C37H47F2NO4. The molecule has 6 atom stereocenters. The zero-order chi connectivity index (χ0) is 31.5. The van der Waals surface area contributed by atoms with Crippen LogP contribution < -0.4 is 0 Å². The molecule has 2 aliphatic rings. The van der Waals surface area contributed by atoms with Gasteiger partial charge in [-0.15, -0.1) is 0 Å². The Morgan fingerprint density at radius 3 is 2.07 bits per heavy atom. The lowest BCUT2D eigenvalue weighted by Crippen LogP contribution is -2.44. The van der Waals surface area contributed by atoms with Crippen molar-refractivity contribution in [3.05, 3.63) is 107 Å². The van der Waals surface area contributed by atoms with Gasteiger partial charge in [0.15, 0.2) is 0 Å². The molecule has 238 valence electrons. The fraction of sp³-hybridized carbons (Fsp3) is 0.486. The van der Waals surface area contributed by atoms with Crippen molar-refractivity contribution in [3.8, 4) is 0 Å². The summed E-state index contributed by atoms with van der Waals surface area (Å²) >= 11 is 0. The zero-order valence-electron chi connectivity index (χ0n) is 26.0. The van der Waals surface area contributed by atoms with E-state index in [9.17, 15) is 23.8 Å². The molecule has 1 amide bonds. The van der Waals surface area contributed by atoms with E-state index in [0.29, 0.717) is 17.9 Å². The van der Waals surface area contributed by atoms with Gasteiger partial charge in [0.2, 0.25) is 0 Å². The summed E-state index contributed by atoms with van der Waals surface area (Å²) in [5.74, 6) is 0.416. The van der Waals surface area contributed by atoms with E-state index in [1.165, 1.54) is 43.5 Å². The second-order valence-corrected chi connectivity index (χ2v) is 12.3. The summed E-state index contributed by atoms with van der Waals surface area (Å²) in [4.78, 5) is 14.5. The first kappa shape index (κ1) is 33.6. The smallest absolute Gasteiger partial charge is 0.410 e. The minimum atomic E-state index is -0.938. The van der Waals surface area contributed by atoms with Gasteiger partial charge in [0.1, 0.15) is 18.2 Å². The maximum atomic E-state index is 13.6. The zero-order valence-corrected chi connectivity index (χ0v) is 26.0. The van der Waals surface area contributed by atoms with Crippen molar-refractivity contribution in [2.45, 2.75) is 103 Å². The highest BCUT2D eigenvalue weighted by Gasteiger charge is 2.41. The number of benzene rings is 3. The van der Waals surface area contributed by atoms with E-state index >= 15 is 0 Å². The average Bonchev–Trinajstić information content (AvgIpc) is 3.68. The maximum Gasteiger partial charge on any atom is 0.410 e. The molecule has 2 fully saturated rings. The number of amides is 1. The van der Waals surface area contributed by atoms with Crippen molar-refractivity contribution in [1.82, 2.24) is 4.90 Å². The number of aliphatic hydroxyl groups is 2. The Morgan fingerprint density at radius 2 is 1.45 bits per heavy atom. The molecule has 44 heavy (non-hydrogen) atoms. The van der Waals surface area contributed by atoms with Crippen molar-refractivity contribution in [2.24, 2.45) is 11.8 Å². The van der Waals surface area contributed by atoms with E-state index in [1.54, 1.807) is 23.1 Å². The Balaban J connectivity index is 0.000000223. The third-order valence-electron chi connectivity index (χ3n) is 9.05. The average molecular weight is 608 g/mol. The summed E-state index contributed by atoms with van der Waals surface area (Å²) in [7, 11) is 0. The summed E-state index contributed by atoms with van der Waals surface area (Å²) in [5.41, 5.74) is 2.13. The van der Waals surface area contributed by atoms with Crippen LogP contribution in [-0.2, 0) is 11.3 Å². The number of halogens is 2. The lowest BCUT2D eigenvalue weighted by atomic mass is 9.92. The van der Waals surface area contributed by atoms with E-state index < -0.39 is 30.2 Å². The predicted molar refractivity (Wildman–Crippen MR) is 169 cm³/mol. The van der Waals surface area contributed by atoms with Crippen LogP contribution in [0.25, 0.3) is 0 Å². The quantitative estimate of drug-likeness (QED) is 0.242. The number of nitrogens with zero attached hydrogens (tertiary/aromatic N) is 1. The number of aliphatic hydroxyl groups excluding tert-OH is 2. The minimum Gasteiger partial charge on any atom is -0.445 e. The molecule has 5 rings (SSSR count). The lowest BCUT2D eigenvalue weighted by Gasteiger charge is -2.32. The van der Waals surface area contributed by atoms with Crippen molar-refractivity contribution in [2.75, 3.05) is 0 Å². The predicted octanol–water partition coefficient (Wildman–Crippen LogP) is 8.90. The normalized spacial score (nSPS) is 22.6. The van der Waals surface area contributed by atoms with Crippen molar-refractivity contribution in [1.29, 1.82) is 0 Å². The van der Waals surface area contributed by atoms with Crippen LogP contribution >= 0.6 is 0 Å². The summed E-state index contributed by atoms with van der Waals surface area (Å²) in [6.45, 7) is 4.47. The second-order valence-electron chi connectivity index (χ2n) is 12.3. The van der Waals surface area contributed by atoms with Crippen LogP contribution in [-0.4, -0.2) is 33.3 Å². The highest BCUT2D eigenvalue weighted by atomic mass is 19.1. The highest BCUT2D eigenvalue weighted by Crippen LogP contribution is 2.41. The van der Waals surface area contributed by atoms with Crippen molar-refractivity contribution < 1.29 is 28.5 Å². The topological polar surface area (TPSA) is 70.0 Å². The van der Waals surface area contributed by atoms with Gasteiger partial charge in [0.05, 0.1) is 18.2 Å². The first-order valence-corrected chi connectivity index (χ1v) is 16.2. The summed E-state index contributed by atoms with van der Waals surface area (Å²) in [6, 6.07) is 21.4. The molecule has 3 aromatic carbocycles. The SMILES string of the molecule is CCC[C@@H]1CC[C@@H]([C@@H](O)c2cccc(F)c2)C1.CCC[C@@H]1CC[C@@H]([C@@H](O)c2cccc(F)c2)N1C(=O)OCc1ccccc1. The summed E-state index contributed by atoms with van der Waals surface area (Å²) in [6.07, 6.45) is 7.27. The number of carbonyl (C=O) groups excluding carboxylic acids is 1. The first-order valence-electron chi connectivity index (χ1n) is 16.2. The van der Waals surface area contributed by atoms with Crippen molar-refractivity contribution in [3.63, 3.8) is 0 Å². The summed E-state index contributed by atoms with van der Waals surface area (Å²) in [5, 5.41) is 21.1. The van der Waals surface area contributed by atoms with Crippen LogP contribution in [0, 0.1) is 23.5 Å². The monoisotopic (exact) mass is 607 g/mol. The number of carbonyl (C=O) groups is 1. The van der Waals surface area contributed by atoms with Gasteiger partial charge in [-0.1, -0.05) is 94.1 Å². The molecule has 3 aromatic rings. The molecule has 0 radical (unpaired) electrons. The van der Waals surface area contributed by atoms with Gasteiger partial charge >= 0.3 is 6.09 Å². The van der Waals surface area contributed by atoms with Crippen LogP contribution in [0.3, 0.4) is 0 Å². The molecule has 5 nitrogen and oxygen atoms in total. The number of likely N-dealkylation sites (tertiary alicyclic amines) is 1. The largest absolute Gasteiger partial charge is 0.445 e. The van der Waals surface area contributed by atoms with Crippen LogP contribution in [0.4, 0.5) is 13.6 Å². The van der Waals surface area contributed by atoms with Gasteiger partial charge in [0.25, 0.3) is 0 Å². The summed E-state index contributed by atoms with van der Waals surface area (Å²) < 4.78 is 32.2. The molecule has 1 saturated carbocycles. The third-order valence-corrected chi connectivity index (χ3v) is 9.05. The van der Waals surface area contributed by atoms with E-state index in [2.05, 4.69) is 13.8 Å². The molecule has 0 aromatic heterocycles. The fourth-order valence-electron chi connectivity index (χ4n) is 6.86. The number of hydrogen-bond acceptors (Lipinski definition) is 4. The number of ether oxygens (including phenoxy) is 1. The second kappa shape index (κ2) is 16.7. The molecule has 0 unspecified atom stereocenters. The molecule has 1 heterocycles. The molecular weight excluding hydrogens is 560 g/mol. The van der Waals surface area contributed by atoms with E-state index in [0.717, 1.165) is 49.1 Å². The molecule has 1 saturated heterocycles. The van der Waals surface area contributed by atoms with Crippen molar-refractivity contribution >= 4 is 6.09 Å². The minimum absolute atomic E-state index is 0.0338. The van der Waals surface area contributed by atoms with E-state index in [1.807, 2.05) is 36.4 Å². The molecule has 1 aliphatic heterocycles. The Bertz CT molecular complexity index is 1310. The number of rotatable bonds is 10. The molecule has 0 bridgehead atoms. The molecule has 0 spiro atoms. The Labute approximate surface area is 260 Å². The Kier molecular flexibility index (Phi) is 12.7. The third kappa shape index (κ3) is 9.12. The highest BCUT2D eigenvalue weighted by molar-refractivity contribution is 5.69. The number of hydrogen-bond donors (Lipinski definition) is 2. The van der Waals surface area contributed by atoms with Gasteiger partial charge in [-0.2, -0.15) is 0 Å². The van der Waals surface area contributed by atoms with Crippen LogP contribution in [0.5, 0.6) is 0 Å². The maximum absolute atomic E-state index is 13.6. The van der Waals surface area contributed by atoms with Gasteiger partial charge in [-0.25, -0.2) is 13.6 Å². The van der Waals surface area contributed by atoms with Crippen LogP contribution in [0.2, 0.25) is 0 Å². The van der Waals surface area contributed by atoms with E-state index in [4.69, 9.17) is 4.74 Å². The van der Waals surface area contributed by atoms with Gasteiger partial charge in [0, 0.05) is 6.04 Å². The lowest BCUT2D eigenvalue weighted by molar-refractivity contribution is 0.0332. The Hall–Kier alpha value is -3.29. The molecule has 2 N–H and O–H groups in total. The molecule has 1 aliphatic carbocycles. The van der Waals surface area contributed by atoms with Gasteiger partial charge in [-0.05, 0) is 84.9 Å². The van der Waals surface area contributed by atoms with Crippen LogP contribution in [0.1, 0.15) is 101 Å². The van der Waals surface area contributed by atoms with E-state index in [-0.39, 0.29) is 18.5 Å². The van der Waals surface area contributed by atoms with Gasteiger partial charge in [-0.3, -0.25) is 4.90 Å². The van der Waals surface area contributed by atoms with Crippen LogP contribution in [0.15, 0.2) is 78.9 Å². The Morgan fingerprint density at radius 1 is 0.818 bits per heavy atom. The fourth-order valence-corrected chi connectivity index (χ4v) is 6.86. The van der Waals surface area contributed by atoms with Gasteiger partial charge < -0.3 is 14.9 Å². The standard InChI is InChI=1S/C22H26FNO3.C15H21FO/c1-2-7-19-12-13-20(21(25)17-10-6-11-18(23)14-17)24(19)22(26)27-15-16-8-4-3-5-9-16;1-2-4-11-7-8-13(9-11)15(17)12-5-3-6-14(16)10-12/h3-6,8-11,14,19-21,25H,2,7,12-13,15H2,1H3;3,5-6,10-11,13,15,17H,2,4,7-9H2,1H3/t19-,20+,21+;11-,13-,15+/m11/s1. The molecule has 7 heteroatoms.